The molecule has 0 N–H and O–H groups in total. The lowest BCUT2D eigenvalue weighted by Crippen LogP contribution is -1.97. The van der Waals surface area contributed by atoms with Crippen LogP contribution in [0.4, 0.5) is 0 Å². The van der Waals surface area contributed by atoms with E-state index in [1.54, 1.807) is 37.2 Å². The van der Waals surface area contributed by atoms with E-state index in [0.717, 1.165) is 146 Å². The van der Waals surface area contributed by atoms with Crippen molar-refractivity contribution in [2.45, 2.75) is 0 Å². The van der Waals surface area contributed by atoms with Crippen LogP contribution in [0.5, 0.6) is 0 Å². The maximum atomic E-state index is 5.30. The average molecular weight is 1580 g/mol. The van der Waals surface area contributed by atoms with E-state index in [-0.39, 0.29) is 0 Å². The smallest absolute Gasteiger partial charge is 0.160 e. The van der Waals surface area contributed by atoms with Gasteiger partial charge in [0, 0.05) is 123 Å². The minimum absolute atomic E-state index is 0.674. The predicted octanol–water partition coefficient (Wildman–Crippen LogP) is 25.5. The highest BCUT2D eigenvalue weighted by molar-refractivity contribution is 6.15. The van der Waals surface area contributed by atoms with E-state index >= 15 is 0 Å². The number of nitrogens with zero attached hydrogens (tertiary/aromatic N) is 15. The second-order valence-corrected chi connectivity index (χ2v) is 30.3. The SMILES string of the molecule is c1ccc(-c2cc(-c3ccccc3)nc(-c3ccc(-c4cn5ccncc5n4)cc3)n2)cc1.c1ccc2c(c1)cc(-c1cc(-c3cc4ccccc4c4ccccc34)nc(-c3ccc(-c4cn5ccncc5n4)cc3)n1)c1ccccc12.c1ccc2cc(-c3cc(-c4ccc5ccccc5c4)nc(-c4ccc(-c5cn6ccncc6n5)cc4)n3)ccc2c1. The summed E-state index contributed by atoms with van der Waals surface area (Å²) in [5.74, 6) is 2.05. The second-order valence-electron chi connectivity index (χ2n) is 30.3. The Balaban J connectivity index is 0.000000112. The highest BCUT2D eigenvalue weighted by atomic mass is 15.0. The molecule has 15 nitrogen and oxygen atoms in total. The zero-order valence-corrected chi connectivity index (χ0v) is 66.0. The van der Waals surface area contributed by atoms with Gasteiger partial charge in [-0.25, -0.2) is 44.9 Å². The van der Waals surface area contributed by atoms with Crippen molar-refractivity contribution in [3.05, 3.63) is 420 Å². The van der Waals surface area contributed by atoms with Gasteiger partial charge in [-0.1, -0.05) is 303 Å². The third-order valence-corrected chi connectivity index (χ3v) is 22.6. The number of benzene rings is 15. The molecule has 0 amide bonds. The molecule has 24 rings (SSSR count). The van der Waals surface area contributed by atoms with E-state index in [1.165, 1.54) is 53.9 Å². The first kappa shape index (κ1) is 72.4. The largest absolute Gasteiger partial charge is 0.304 e. The van der Waals surface area contributed by atoms with Crippen molar-refractivity contribution in [3.8, 4) is 135 Å². The monoisotopic (exact) mass is 1580 g/mol. The van der Waals surface area contributed by atoms with E-state index in [0.29, 0.717) is 17.5 Å². The van der Waals surface area contributed by atoms with Gasteiger partial charge in [-0.15, -0.1) is 0 Å². The van der Waals surface area contributed by atoms with Crippen LogP contribution in [0.3, 0.4) is 0 Å². The van der Waals surface area contributed by atoms with Crippen molar-refractivity contribution in [2.24, 2.45) is 0 Å². The van der Waals surface area contributed by atoms with E-state index in [1.807, 2.05) is 92.8 Å². The number of aromatic nitrogens is 15. The first-order valence-electron chi connectivity index (χ1n) is 40.6. The summed E-state index contributed by atoms with van der Waals surface area (Å²) in [5.41, 5.74) is 22.8. The number of hydrogen-bond donors (Lipinski definition) is 0. The molecule has 0 aliphatic heterocycles. The van der Waals surface area contributed by atoms with Crippen LogP contribution in [0.15, 0.2) is 420 Å². The molecule has 15 heteroatoms. The van der Waals surface area contributed by atoms with E-state index < -0.39 is 0 Å². The van der Waals surface area contributed by atoms with Crippen molar-refractivity contribution >= 4 is 81.6 Å². The number of rotatable bonds is 12. The van der Waals surface area contributed by atoms with E-state index in [4.69, 9.17) is 39.9 Å². The van der Waals surface area contributed by atoms with Crippen molar-refractivity contribution in [1.82, 2.24) is 73.0 Å². The topological polar surface area (TPSA) is 168 Å². The molecule has 0 aliphatic carbocycles. The standard InChI is InChI=1S/C44H27N5.C36H23N5.C28H19N5/c1-3-11-32-30(9-1)23-38(36-15-7-5-13-34(32)36)40-25-41(39-24-31-10-2-4-12-33(31)35-14-6-8-16-37(35)39)48-44(47-40)29-19-17-28(18-20-29)42-27-49-22-21-45-26-43(49)46-42;1-3-7-28-19-30(15-9-24(28)5-1)32-21-33(31-16-10-25-6-2-4-8-29(25)20-31)40-36(39-32)27-13-11-26(12-14-27)34-23-41-18-17-37-22-35(41)38-34;1-3-7-20(8-4-1)24-17-25(21-9-5-2-6-10-21)32-28(31-24)23-13-11-22(12-14-23)26-19-33-16-15-29-18-27(33)30-26/h1-27H;1-23H;1-19H. The summed E-state index contributed by atoms with van der Waals surface area (Å²) in [6, 6.07) is 120. The Hall–Kier alpha value is -17.0. The molecular formula is C108H69N15. The van der Waals surface area contributed by atoms with E-state index in [9.17, 15) is 0 Å². The molecule has 0 bridgehead atoms. The van der Waals surface area contributed by atoms with Gasteiger partial charge in [-0.05, 0) is 107 Å². The molecule has 576 valence electrons. The van der Waals surface area contributed by atoms with Crippen LogP contribution in [0.2, 0.25) is 0 Å². The van der Waals surface area contributed by atoms with Gasteiger partial charge in [-0.2, -0.15) is 0 Å². The van der Waals surface area contributed by atoms with Crippen molar-refractivity contribution in [1.29, 1.82) is 0 Å². The maximum Gasteiger partial charge on any atom is 0.160 e. The van der Waals surface area contributed by atoms with E-state index in [2.05, 4.69) is 323 Å². The van der Waals surface area contributed by atoms with Gasteiger partial charge in [0.15, 0.2) is 34.4 Å². The Kier molecular flexibility index (Phi) is 18.5. The molecule has 0 unspecified atom stereocenters. The molecule has 123 heavy (non-hydrogen) atoms. The van der Waals surface area contributed by atoms with Crippen LogP contribution in [0, 0.1) is 0 Å². The van der Waals surface area contributed by atoms with Gasteiger partial charge in [0.25, 0.3) is 0 Å². The summed E-state index contributed by atoms with van der Waals surface area (Å²) < 4.78 is 5.92. The van der Waals surface area contributed by atoms with Crippen LogP contribution >= 0.6 is 0 Å². The fourth-order valence-corrected chi connectivity index (χ4v) is 16.4. The van der Waals surface area contributed by atoms with Crippen LogP contribution in [-0.4, -0.2) is 73.0 Å². The predicted molar refractivity (Wildman–Crippen MR) is 496 cm³/mol. The van der Waals surface area contributed by atoms with Gasteiger partial charge in [0.1, 0.15) is 0 Å². The summed E-state index contributed by atoms with van der Waals surface area (Å²) in [6.07, 6.45) is 22.3. The Morgan fingerprint density at radius 1 is 0.171 bits per heavy atom. The summed E-state index contributed by atoms with van der Waals surface area (Å²) in [7, 11) is 0. The Labute approximate surface area is 705 Å². The van der Waals surface area contributed by atoms with Crippen molar-refractivity contribution in [3.63, 3.8) is 0 Å². The minimum Gasteiger partial charge on any atom is -0.304 e. The fraction of sp³-hybridized carbons (Fsp3) is 0. The van der Waals surface area contributed by atoms with Crippen LogP contribution in [0.25, 0.3) is 217 Å². The third-order valence-electron chi connectivity index (χ3n) is 22.6. The summed E-state index contributed by atoms with van der Waals surface area (Å²) in [6.45, 7) is 0. The third kappa shape index (κ3) is 14.4. The van der Waals surface area contributed by atoms with Crippen molar-refractivity contribution < 1.29 is 0 Å². The molecule has 24 aromatic rings. The van der Waals surface area contributed by atoms with Gasteiger partial charge >= 0.3 is 0 Å². The molecule has 9 aromatic heterocycles. The minimum atomic E-state index is 0.674. The van der Waals surface area contributed by atoms with Gasteiger partial charge in [0.2, 0.25) is 0 Å². The molecule has 15 aromatic carbocycles. The van der Waals surface area contributed by atoms with Gasteiger partial charge in [-0.3, -0.25) is 15.0 Å². The molecule has 0 spiro atoms. The first-order chi connectivity index (χ1) is 60.9. The molecule has 0 fully saturated rings. The Morgan fingerprint density at radius 2 is 0.439 bits per heavy atom. The zero-order valence-electron chi connectivity index (χ0n) is 66.0. The van der Waals surface area contributed by atoms with Crippen LogP contribution in [0.1, 0.15) is 0 Å². The van der Waals surface area contributed by atoms with Crippen LogP contribution in [-0.2, 0) is 0 Å². The Morgan fingerprint density at radius 3 is 0.797 bits per heavy atom. The second kappa shape index (κ2) is 31.4. The molecule has 0 saturated heterocycles. The summed E-state index contributed by atoms with van der Waals surface area (Å²) in [5, 5.41) is 14.4. The lowest BCUT2D eigenvalue weighted by molar-refractivity contribution is 1.13. The molecule has 0 saturated carbocycles. The highest BCUT2D eigenvalue weighted by Crippen LogP contribution is 2.41. The zero-order chi connectivity index (χ0) is 81.5. The Bertz CT molecular complexity index is 7740. The number of hydrogen-bond acceptors (Lipinski definition) is 12. The summed E-state index contributed by atoms with van der Waals surface area (Å²) in [4.78, 5) is 57.2. The highest BCUT2D eigenvalue weighted by Gasteiger charge is 2.21. The lowest BCUT2D eigenvalue weighted by atomic mass is 9.93. The maximum absolute atomic E-state index is 5.30. The lowest BCUT2D eigenvalue weighted by Gasteiger charge is -2.15. The number of fused-ring (bicyclic) bond motifs is 11. The summed E-state index contributed by atoms with van der Waals surface area (Å²) >= 11 is 0. The average Bonchev–Trinajstić information content (AvgIpc) is 1.72. The first-order valence-corrected chi connectivity index (χ1v) is 40.6. The fourth-order valence-electron chi connectivity index (χ4n) is 16.4. The molecule has 0 radical (unpaired) electrons. The molecule has 9 heterocycles. The normalized spacial score (nSPS) is 11.4. The molecule has 0 aliphatic rings. The molecule has 0 atom stereocenters. The van der Waals surface area contributed by atoms with Gasteiger partial charge < -0.3 is 13.2 Å². The van der Waals surface area contributed by atoms with Crippen molar-refractivity contribution in [2.75, 3.05) is 0 Å². The molecular weight excluding hydrogens is 1510 g/mol. The van der Waals surface area contributed by atoms with Gasteiger partial charge in [0.05, 0.1) is 69.8 Å². The quantitative estimate of drug-likeness (QED) is 0.106. The number of imidazole rings is 3. The van der Waals surface area contributed by atoms with Crippen LogP contribution < -0.4 is 0 Å².